The number of nitrogens with one attached hydrogen (secondary N) is 1. The normalized spacial score (nSPS) is 22.1. The van der Waals surface area contributed by atoms with E-state index in [-0.39, 0.29) is 6.04 Å². The molecule has 0 bridgehead atoms. The maximum absolute atomic E-state index is 5.30. The van der Waals surface area contributed by atoms with Crippen molar-refractivity contribution < 1.29 is 4.74 Å². The summed E-state index contributed by atoms with van der Waals surface area (Å²) in [6, 6.07) is 0.259. The average Bonchev–Trinajstić information content (AvgIpc) is 2.28. The average molecular weight is 222 g/mol. The van der Waals surface area contributed by atoms with Gasteiger partial charge in [-0.2, -0.15) is 0 Å². The zero-order chi connectivity index (χ0) is 11.5. The number of hydrogen-bond acceptors (Lipinski definition) is 5. The van der Waals surface area contributed by atoms with Crippen molar-refractivity contribution in [1.29, 1.82) is 0 Å². The molecule has 1 aromatic rings. The number of aromatic nitrogens is 2. The monoisotopic (exact) mass is 222 g/mol. The Morgan fingerprint density at radius 1 is 1.50 bits per heavy atom. The van der Waals surface area contributed by atoms with Crippen molar-refractivity contribution in [2.45, 2.75) is 13.0 Å². The zero-order valence-corrected chi connectivity index (χ0v) is 10.0. The lowest BCUT2D eigenvalue weighted by molar-refractivity contribution is 0.235. The summed E-state index contributed by atoms with van der Waals surface area (Å²) < 4.78 is 5.30. The van der Waals surface area contributed by atoms with E-state index < -0.39 is 0 Å². The molecule has 1 aliphatic rings. The van der Waals surface area contributed by atoms with Gasteiger partial charge in [-0.25, -0.2) is 9.97 Å². The molecular formula is C11H18N4O. The first-order valence-electron chi connectivity index (χ1n) is 5.49. The van der Waals surface area contributed by atoms with Gasteiger partial charge in [0.15, 0.2) is 0 Å². The first kappa shape index (κ1) is 11.3. The highest BCUT2D eigenvalue weighted by Crippen LogP contribution is 2.26. The quantitative estimate of drug-likeness (QED) is 0.783. The van der Waals surface area contributed by atoms with E-state index >= 15 is 0 Å². The topological polar surface area (TPSA) is 50.3 Å². The van der Waals surface area contributed by atoms with Gasteiger partial charge in [-0.15, -0.1) is 0 Å². The molecular weight excluding hydrogens is 204 g/mol. The number of methoxy groups -OCH3 is 1. The molecule has 0 aliphatic carbocycles. The summed E-state index contributed by atoms with van der Waals surface area (Å²) in [5.74, 6) is 0.681. The summed E-state index contributed by atoms with van der Waals surface area (Å²) in [6.07, 6.45) is 1.55. The summed E-state index contributed by atoms with van der Waals surface area (Å²) in [7, 11) is 3.78. The summed E-state index contributed by atoms with van der Waals surface area (Å²) in [4.78, 5) is 10.7. The molecule has 1 fully saturated rings. The second kappa shape index (κ2) is 4.76. The Kier molecular flexibility index (Phi) is 3.36. The van der Waals surface area contributed by atoms with Crippen LogP contribution in [0.4, 0.5) is 0 Å². The van der Waals surface area contributed by atoms with Crippen LogP contribution in [0.2, 0.25) is 0 Å². The number of piperazine rings is 1. The first-order valence-corrected chi connectivity index (χ1v) is 5.49. The lowest BCUT2D eigenvalue weighted by atomic mass is 10.0. The molecule has 0 amide bonds. The van der Waals surface area contributed by atoms with E-state index in [1.54, 1.807) is 13.4 Å². The third kappa shape index (κ3) is 2.15. The first-order chi connectivity index (χ1) is 7.72. The molecule has 1 unspecified atom stereocenters. The van der Waals surface area contributed by atoms with E-state index in [0.29, 0.717) is 5.88 Å². The second-order valence-electron chi connectivity index (χ2n) is 4.15. The minimum absolute atomic E-state index is 0.259. The van der Waals surface area contributed by atoms with Gasteiger partial charge in [0.1, 0.15) is 6.33 Å². The Morgan fingerprint density at radius 3 is 3.00 bits per heavy atom. The second-order valence-corrected chi connectivity index (χ2v) is 4.15. The molecule has 0 aromatic carbocycles. The van der Waals surface area contributed by atoms with E-state index in [0.717, 1.165) is 30.9 Å². The van der Waals surface area contributed by atoms with Gasteiger partial charge in [0.2, 0.25) is 5.88 Å². The van der Waals surface area contributed by atoms with Crippen LogP contribution in [0.25, 0.3) is 0 Å². The molecule has 88 valence electrons. The van der Waals surface area contributed by atoms with Crippen molar-refractivity contribution in [3.05, 3.63) is 17.6 Å². The lowest BCUT2D eigenvalue weighted by Crippen LogP contribution is -2.44. The van der Waals surface area contributed by atoms with Crippen molar-refractivity contribution in [1.82, 2.24) is 20.2 Å². The highest BCUT2D eigenvalue weighted by atomic mass is 16.5. The highest BCUT2D eigenvalue weighted by molar-refractivity contribution is 5.33. The van der Waals surface area contributed by atoms with Crippen molar-refractivity contribution >= 4 is 0 Å². The predicted molar refractivity (Wildman–Crippen MR) is 61.6 cm³/mol. The molecule has 5 nitrogen and oxygen atoms in total. The molecule has 1 saturated heterocycles. The minimum Gasteiger partial charge on any atom is -0.481 e. The fourth-order valence-electron chi connectivity index (χ4n) is 2.12. The largest absolute Gasteiger partial charge is 0.481 e. The molecule has 0 radical (unpaired) electrons. The summed E-state index contributed by atoms with van der Waals surface area (Å²) in [5, 5.41) is 3.48. The van der Waals surface area contributed by atoms with Gasteiger partial charge in [-0.05, 0) is 14.0 Å². The fraction of sp³-hybridized carbons (Fsp3) is 0.636. The molecule has 2 rings (SSSR count). The maximum Gasteiger partial charge on any atom is 0.221 e. The van der Waals surface area contributed by atoms with Crippen LogP contribution in [-0.2, 0) is 0 Å². The van der Waals surface area contributed by atoms with E-state index in [4.69, 9.17) is 4.74 Å². The van der Waals surface area contributed by atoms with E-state index in [1.807, 2.05) is 6.92 Å². The smallest absolute Gasteiger partial charge is 0.221 e. The van der Waals surface area contributed by atoms with E-state index in [9.17, 15) is 0 Å². The van der Waals surface area contributed by atoms with E-state index in [1.165, 1.54) is 0 Å². The zero-order valence-electron chi connectivity index (χ0n) is 10.0. The van der Waals surface area contributed by atoms with Crippen molar-refractivity contribution in [3.63, 3.8) is 0 Å². The van der Waals surface area contributed by atoms with Crippen molar-refractivity contribution in [2.24, 2.45) is 0 Å². The molecule has 16 heavy (non-hydrogen) atoms. The van der Waals surface area contributed by atoms with Crippen LogP contribution in [0, 0.1) is 6.92 Å². The number of likely N-dealkylation sites (N-methyl/N-ethyl adjacent to an activating group) is 1. The third-order valence-electron chi connectivity index (χ3n) is 2.97. The van der Waals surface area contributed by atoms with Crippen LogP contribution in [0.15, 0.2) is 6.33 Å². The van der Waals surface area contributed by atoms with Crippen LogP contribution >= 0.6 is 0 Å². The molecule has 1 aliphatic heterocycles. The Balaban J connectivity index is 2.30. The number of aryl methyl sites for hydroxylation is 1. The van der Waals surface area contributed by atoms with Gasteiger partial charge < -0.3 is 15.0 Å². The summed E-state index contributed by atoms with van der Waals surface area (Å²) in [5.41, 5.74) is 2.07. The number of ether oxygens (including phenoxy) is 1. The van der Waals surface area contributed by atoms with Crippen LogP contribution in [-0.4, -0.2) is 48.7 Å². The Hall–Kier alpha value is -1.20. The summed E-state index contributed by atoms with van der Waals surface area (Å²) >= 11 is 0. The number of rotatable bonds is 2. The third-order valence-corrected chi connectivity index (χ3v) is 2.97. The Labute approximate surface area is 95.8 Å². The van der Waals surface area contributed by atoms with Gasteiger partial charge in [-0.1, -0.05) is 0 Å². The minimum atomic E-state index is 0.259. The van der Waals surface area contributed by atoms with Gasteiger partial charge in [0, 0.05) is 25.3 Å². The van der Waals surface area contributed by atoms with Crippen LogP contribution < -0.4 is 10.1 Å². The van der Waals surface area contributed by atoms with Crippen LogP contribution in [0.3, 0.4) is 0 Å². The SMILES string of the molecule is COc1ncnc(C)c1C1CN(C)CCN1. The molecule has 0 spiro atoms. The number of nitrogens with zero attached hydrogens (tertiary/aromatic N) is 3. The number of hydrogen-bond donors (Lipinski definition) is 1. The molecule has 0 saturated carbocycles. The van der Waals surface area contributed by atoms with Crippen LogP contribution in [0.5, 0.6) is 5.88 Å². The molecule has 1 atom stereocenters. The highest BCUT2D eigenvalue weighted by Gasteiger charge is 2.24. The molecule has 5 heteroatoms. The Morgan fingerprint density at radius 2 is 2.31 bits per heavy atom. The van der Waals surface area contributed by atoms with E-state index in [2.05, 4.69) is 27.2 Å². The predicted octanol–water partition coefficient (Wildman–Crippen LogP) is 0.370. The van der Waals surface area contributed by atoms with Crippen molar-refractivity contribution in [2.75, 3.05) is 33.8 Å². The van der Waals surface area contributed by atoms with Gasteiger partial charge in [0.25, 0.3) is 0 Å². The fourth-order valence-corrected chi connectivity index (χ4v) is 2.12. The van der Waals surface area contributed by atoms with Gasteiger partial charge in [-0.3, -0.25) is 0 Å². The maximum atomic E-state index is 5.30. The van der Waals surface area contributed by atoms with Gasteiger partial charge >= 0.3 is 0 Å². The van der Waals surface area contributed by atoms with Crippen molar-refractivity contribution in [3.8, 4) is 5.88 Å². The Bertz CT molecular complexity index is 369. The standard InChI is InChI=1S/C11H18N4O/c1-8-10(11(16-3)14-7-13-8)9-6-15(2)5-4-12-9/h7,9,12H,4-6H2,1-3H3. The lowest BCUT2D eigenvalue weighted by Gasteiger charge is -2.31. The molecule has 2 heterocycles. The van der Waals surface area contributed by atoms with Crippen LogP contribution in [0.1, 0.15) is 17.3 Å². The molecule has 1 aromatic heterocycles. The molecule has 1 N–H and O–H groups in total. The van der Waals surface area contributed by atoms with Gasteiger partial charge in [0.05, 0.1) is 18.7 Å². The summed E-state index contributed by atoms with van der Waals surface area (Å²) in [6.45, 7) is 5.02.